The van der Waals surface area contributed by atoms with Crippen molar-refractivity contribution in [2.24, 2.45) is 0 Å². The largest absolute Gasteiger partial charge is 0.493 e. The van der Waals surface area contributed by atoms with Crippen LogP contribution < -0.4 is 14.8 Å². The molecule has 1 N–H and O–H groups in total. The number of hydrogen-bond donors (Lipinski definition) is 1. The van der Waals surface area contributed by atoms with Crippen LogP contribution in [0.4, 0.5) is 0 Å². The van der Waals surface area contributed by atoms with Crippen molar-refractivity contribution in [1.29, 1.82) is 0 Å². The Hall–Kier alpha value is -2.49. The van der Waals surface area contributed by atoms with E-state index in [0.717, 1.165) is 24.8 Å². The molecule has 0 bridgehead atoms. The van der Waals surface area contributed by atoms with E-state index in [9.17, 15) is 4.79 Å². The number of benzene rings is 2. The summed E-state index contributed by atoms with van der Waals surface area (Å²) in [7, 11) is 3.20. The maximum absolute atomic E-state index is 12.5. The van der Waals surface area contributed by atoms with E-state index in [1.807, 2.05) is 24.3 Å². The molecular formula is C20H23NO3. The molecule has 4 nitrogen and oxygen atoms in total. The molecule has 0 spiro atoms. The van der Waals surface area contributed by atoms with Gasteiger partial charge in [0, 0.05) is 0 Å². The van der Waals surface area contributed by atoms with Crippen LogP contribution in [0, 0.1) is 0 Å². The molecule has 0 saturated heterocycles. The summed E-state index contributed by atoms with van der Waals surface area (Å²) in [5, 5.41) is 3.18. The third-order valence-corrected chi connectivity index (χ3v) is 4.52. The summed E-state index contributed by atoms with van der Waals surface area (Å²) in [6.45, 7) is 0. The number of methoxy groups -OCH3 is 2. The number of nitrogens with one attached hydrogen (secondary N) is 1. The van der Waals surface area contributed by atoms with Gasteiger partial charge in [0.25, 0.3) is 0 Å². The topological polar surface area (TPSA) is 47.6 Å². The molecule has 0 aromatic heterocycles. The molecule has 0 heterocycles. The summed E-state index contributed by atoms with van der Waals surface area (Å²) in [6.07, 6.45) is 3.53. The summed E-state index contributed by atoms with van der Waals surface area (Å²) in [6, 6.07) is 14.1. The van der Waals surface area contributed by atoms with Crippen LogP contribution in [0.15, 0.2) is 42.5 Å². The first-order valence-electron chi connectivity index (χ1n) is 8.29. The number of amides is 1. The number of rotatable bonds is 5. The molecule has 126 valence electrons. The minimum Gasteiger partial charge on any atom is -0.493 e. The van der Waals surface area contributed by atoms with Crippen molar-refractivity contribution in [2.45, 2.75) is 31.7 Å². The first-order chi connectivity index (χ1) is 11.7. The number of carbonyl (C=O) groups excluding carboxylic acids is 1. The second kappa shape index (κ2) is 7.39. The summed E-state index contributed by atoms with van der Waals surface area (Å²) >= 11 is 0. The standard InChI is InChI=1S/C20H23NO3/c1-23-18-11-10-14(12-19(18)24-2)13-20(22)21-17-9-5-7-15-6-3-4-8-16(15)17/h3-4,6,8,10-12,17H,5,7,9,13H2,1-2H3,(H,21,22)/t17-/m1/s1. The Kier molecular flexibility index (Phi) is 5.04. The SMILES string of the molecule is COc1ccc(CC(=O)N[C@@H]2CCCc3ccccc32)cc1OC. The van der Waals surface area contributed by atoms with Crippen LogP contribution in [0.3, 0.4) is 0 Å². The smallest absolute Gasteiger partial charge is 0.224 e. The first kappa shape index (κ1) is 16.4. The monoisotopic (exact) mass is 325 g/mol. The molecule has 1 aliphatic rings. The quantitative estimate of drug-likeness (QED) is 0.916. The van der Waals surface area contributed by atoms with Gasteiger partial charge in [-0.05, 0) is 48.1 Å². The van der Waals surface area contributed by atoms with Gasteiger partial charge >= 0.3 is 0 Å². The molecule has 0 saturated carbocycles. The van der Waals surface area contributed by atoms with E-state index in [4.69, 9.17) is 9.47 Å². The molecule has 2 aromatic carbocycles. The van der Waals surface area contributed by atoms with E-state index in [2.05, 4.69) is 23.5 Å². The highest BCUT2D eigenvalue weighted by molar-refractivity contribution is 5.79. The van der Waals surface area contributed by atoms with Gasteiger partial charge in [-0.25, -0.2) is 0 Å². The van der Waals surface area contributed by atoms with Crippen molar-refractivity contribution in [3.63, 3.8) is 0 Å². The second-order valence-electron chi connectivity index (χ2n) is 6.08. The molecule has 0 fully saturated rings. The van der Waals surface area contributed by atoms with E-state index >= 15 is 0 Å². The highest BCUT2D eigenvalue weighted by atomic mass is 16.5. The van der Waals surface area contributed by atoms with Crippen LogP contribution in [0.5, 0.6) is 11.5 Å². The van der Waals surface area contributed by atoms with Gasteiger partial charge in [0.15, 0.2) is 11.5 Å². The van der Waals surface area contributed by atoms with Crippen molar-refractivity contribution in [1.82, 2.24) is 5.32 Å². The van der Waals surface area contributed by atoms with Crippen molar-refractivity contribution >= 4 is 5.91 Å². The molecule has 1 atom stereocenters. The van der Waals surface area contributed by atoms with Gasteiger partial charge in [-0.2, -0.15) is 0 Å². The van der Waals surface area contributed by atoms with Gasteiger partial charge in [0.1, 0.15) is 0 Å². The number of fused-ring (bicyclic) bond motifs is 1. The van der Waals surface area contributed by atoms with Gasteiger partial charge in [0.2, 0.25) is 5.91 Å². The van der Waals surface area contributed by atoms with E-state index in [1.54, 1.807) is 14.2 Å². The Labute approximate surface area is 142 Å². The van der Waals surface area contributed by atoms with E-state index < -0.39 is 0 Å². The van der Waals surface area contributed by atoms with Gasteiger partial charge in [-0.3, -0.25) is 4.79 Å². The van der Waals surface area contributed by atoms with Crippen LogP contribution in [0.25, 0.3) is 0 Å². The molecule has 24 heavy (non-hydrogen) atoms. The fourth-order valence-corrected chi connectivity index (χ4v) is 3.33. The molecular weight excluding hydrogens is 302 g/mol. The van der Waals surface area contributed by atoms with Gasteiger partial charge in [0.05, 0.1) is 26.7 Å². The van der Waals surface area contributed by atoms with Crippen molar-refractivity contribution in [2.75, 3.05) is 14.2 Å². The molecule has 3 rings (SSSR count). The van der Waals surface area contributed by atoms with Crippen molar-refractivity contribution in [3.8, 4) is 11.5 Å². The predicted octanol–water partition coefficient (Wildman–Crippen LogP) is 3.44. The molecule has 0 unspecified atom stereocenters. The lowest BCUT2D eigenvalue weighted by Crippen LogP contribution is -2.32. The molecule has 1 aliphatic carbocycles. The maximum atomic E-state index is 12.5. The molecule has 4 heteroatoms. The fourth-order valence-electron chi connectivity index (χ4n) is 3.33. The average molecular weight is 325 g/mol. The highest BCUT2D eigenvalue weighted by Gasteiger charge is 2.21. The Morgan fingerprint density at radius 2 is 1.92 bits per heavy atom. The zero-order valence-electron chi connectivity index (χ0n) is 14.2. The van der Waals surface area contributed by atoms with Crippen LogP contribution >= 0.6 is 0 Å². The normalized spacial score (nSPS) is 16.2. The molecule has 1 amide bonds. The van der Waals surface area contributed by atoms with Crippen molar-refractivity contribution < 1.29 is 14.3 Å². The predicted molar refractivity (Wildman–Crippen MR) is 93.5 cm³/mol. The minimum absolute atomic E-state index is 0.0314. The van der Waals surface area contributed by atoms with Gasteiger partial charge in [-0.1, -0.05) is 30.3 Å². The van der Waals surface area contributed by atoms with E-state index in [0.29, 0.717) is 17.9 Å². The summed E-state index contributed by atoms with van der Waals surface area (Å²) < 4.78 is 10.5. The Morgan fingerprint density at radius 1 is 1.12 bits per heavy atom. The van der Waals surface area contributed by atoms with Crippen LogP contribution in [0.2, 0.25) is 0 Å². The Bertz CT molecular complexity index is 727. The van der Waals surface area contributed by atoms with Gasteiger partial charge in [-0.15, -0.1) is 0 Å². The summed E-state index contributed by atoms with van der Waals surface area (Å²) in [5.74, 6) is 1.35. The zero-order valence-corrected chi connectivity index (χ0v) is 14.2. The third-order valence-electron chi connectivity index (χ3n) is 4.52. The number of aryl methyl sites for hydroxylation is 1. The van der Waals surface area contributed by atoms with Crippen LogP contribution in [-0.4, -0.2) is 20.1 Å². The van der Waals surface area contributed by atoms with Crippen LogP contribution in [-0.2, 0) is 17.6 Å². The molecule has 2 aromatic rings. The summed E-state index contributed by atoms with van der Waals surface area (Å²) in [4.78, 5) is 12.5. The average Bonchev–Trinajstić information content (AvgIpc) is 2.62. The second-order valence-corrected chi connectivity index (χ2v) is 6.08. The first-order valence-corrected chi connectivity index (χ1v) is 8.29. The number of hydrogen-bond acceptors (Lipinski definition) is 3. The lowest BCUT2D eigenvalue weighted by atomic mass is 9.87. The molecule has 0 radical (unpaired) electrons. The number of carbonyl (C=O) groups is 1. The number of ether oxygens (including phenoxy) is 2. The third kappa shape index (κ3) is 3.53. The van der Waals surface area contributed by atoms with Gasteiger partial charge < -0.3 is 14.8 Å². The lowest BCUT2D eigenvalue weighted by Gasteiger charge is -2.26. The maximum Gasteiger partial charge on any atom is 0.224 e. The van der Waals surface area contributed by atoms with Crippen LogP contribution in [0.1, 0.15) is 35.6 Å². The molecule has 0 aliphatic heterocycles. The van der Waals surface area contributed by atoms with E-state index in [-0.39, 0.29) is 11.9 Å². The lowest BCUT2D eigenvalue weighted by molar-refractivity contribution is -0.121. The zero-order chi connectivity index (χ0) is 16.9. The summed E-state index contributed by atoms with van der Waals surface area (Å²) in [5.41, 5.74) is 3.51. The van der Waals surface area contributed by atoms with E-state index in [1.165, 1.54) is 11.1 Å². The Morgan fingerprint density at radius 3 is 2.71 bits per heavy atom. The highest BCUT2D eigenvalue weighted by Crippen LogP contribution is 2.30. The minimum atomic E-state index is 0.0314. The fraction of sp³-hybridized carbons (Fsp3) is 0.350. The van der Waals surface area contributed by atoms with Crippen molar-refractivity contribution in [3.05, 3.63) is 59.2 Å². The Balaban J connectivity index is 1.69.